The van der Waals surface area contributed by atoms with Crippen molar-refractivity contribution in [3.8, 4) is 22.9 Å². The van der Waals surface area contributed by atoms with Crippen LogP contribution in [0.2, 0.25) is 5.02 Å². The van der Waals surface area contributed by atoms with Crippen LogP contribution in [-0.4, -0.2) is 24.2 Å². The molecule has 0 unspecified atom stereocenters. The van der Waals surface area contributed by atoms with E-state index in [1.54, 1.807) is 26.5 Å². The fraction of sp³-hybridized carbons (Fsp3) is 0.250. The summed E-state index contributed by atoms with van der Waals surface area (Å²) >= 11 is 11.9. The van der Waals surface area contributed by atoms with E-state index in [1.807, 2.05) is 6.07 Å². The summed E-state index contributed by atoms with van der Waals surface area (Å²) < 4.78 is 10.4. The van der Waals surface area contributed by atoms with Crippen LogP contribution in [0.25, 0.3) is 11.4 Å². The van der Waals surface area contributed by atoms with Gasteiger partial charge in [-0.25, -0.2) is 4.98 Å². The Bertz CT molecular complexity index is 555. The summed E-state index contributed by atoms with van der Waals surface area (Å²) in [7, 11) is 3.10. The molecule has 0 aliphatic rings. The van der Waals surface area contributed by atoms with E-state index in [0.717, 1.165) is 11.3 Å². The molecule has 6 heteroatoms. The number of imidazole rings is 1. The highest BCUT2D eigenvalue weighted by Gasteiger charge is 2.13. The molecule has 2 aromatic rings. The number of ether oxygens (including phenoxy) is 2. The molecule has 1 heterocycles. The Labute approximate surface area is 115 Å². The van der Waals surface area contributed by atoms with Gasteiger partial charge < -0.3 is 14.5 Å². The molecule has 0 saturated heterocycles. The molecule has 1 N–H and O–H groups in total. The number of H-pyrrole nitrogens is 1. The number of aromatic amines is 1. The van der Waals surface area contributed by atoms with Crippen LogP contribution in [0.5, 0.6) is 11.5 Å². The smallest absolute Gasteiger partial charge is 0.179 e. The predicted octanol–water partition coefficient (Wildman–Crippen LogP) is 3.49. The first-order chi connectivity index (χ1) is 8.69. The van der Waals surface area contributed by atoms with Crippen molar-refractivity contribution in [2.75, 3.05) is 14.2 Å². The molecule has 96 valence electrons. The van der Waals surface area contributed by atoms with Crippen molar-refractivity contribution in [3.05, 3.63) is 29.0 Å². The highest BCUT2D eigenvalue weighted by atomic mass is 35.5. The maximum absolute atomic E-state index is 6.13. The summed E-state index contributed by atoms with van der Waals surface area (Å²) in [5.74, 6) is 2.14. The Hall–Kier alpha value is -1.39. The number of rotatable bonds is 4. The second-order valence-corrected chi connectivity index (χ2v) is 4.26. The van der Waals surface area contributed by atoms with Crippen molar-refractivity contribution in [3.63, 3.8) is 0 Å². The first-order valence-corrected chi connectivity index (χ1v) is 6.12. The van der Waals surface area contributed by atoms with Crippen molar-refractivity contribution in [2.24, 2.45) is 0 Å². The van der Waals surface area contributed by atoms with Crippen molar-refractivity contribution < 1.29 is 9.47 Å². The second-order valence-electron chi connectivity index (χ2n) is 3.58. The van der Waals surface area contributed by atoms with Crippen LogP contribution in [0.15, 0.2) is 18.3 Å². The quantitative estimate of drug-likeness (QED) is 0.876. The van der Waals surface area contributed by atoms with Crippen molar-refractivity contribution >= 4 is 23.2 Å². The minimum absolute atomic E-state index is 0.383. The molecule has 0 saturated carbocycles. The number of nitrogens with zero attached hydrogens (tertiary/aromatic N) is 1. The minimum Gasteiger partial charge on any atom is -0.493 e. The van der Waals surface area contributed by atoms with Gasteiger partial charge in [-0.15, -0.1) is 11.6 Å². The van der Waals surface area contributed by atoms with Gasteiger partial charge in [-0.3, -0.25) is 0 Å². The number of alkyl halides is 1. The van der Waals surface area contributed by atoms with Gasteiger partial charge in [-0.2, -0.15) is 0 Å². The lowest BCUT2D eigenvalue weighted by Gasteiger charge is -2.10. The van der Waals surface area contributed by atoms with Gasteiger partial charge >= 0.3 is 0 Å². The lowest BCUT2D eigenvalue weighted by atomic mass is 10.2. The van der Waals surface area contributed by atoms with Crippen LogP contribution < -0.4 is 9.47 Å². The number of nitrogens with one attached hydrogen (secondary N) is 1. The third-order valence-electron chi connectivity index (χ3n) is 2.48. The standard InChI is InChI=1S/C12H12Cl2N2O2/c1-17-10-4-7(3-9(14)11(10)18-2)12-15-6-8(5-13)16-12/h3-4,6H,5H2,1-2H3,(H,15,16). The van der Waals surface area contributed by atoms with Gasteiger partial charge in [0.05, 0.1) is 25.1 Å². The summed E-state index contributed by atoms with van der Waals surface area (Å²) in [5, 5.41) is 0.468. The summed E-state index contributed by atoms with van der Waals surface area (Å²) in [5.41, 5.74) is 1.66. The largest absolute Gasteiger partial charge is 0.493 e. The molecule has 1 aromatic carbocycles. The van der Waals surface area contributed by atoms with Crippen molar-refractivity contribution in [1.29, 1.82) is 0 Å². The van der Waals surface area contributed by atoms with E-state index in [9.17, 15) is 0 Å². The van der Waals surface area contributed by atoms with Crippen molar-refractivity contribution in [1.82, 2.24) is 9.97 Å². The highest BCUT2D eigenvalue weighted by molar-refractivity contribution is 6.32. The average molecular weight is 287 g/mol. The topological polar surface area (TPSA) is 47.1 Å². The SMILES string of the molecule is COc1cc(-c2ncc(CCl)[nH]2)cc(Cl)c1OC. The van der Waals surface area contributed by atoms with E-state index in [1.165, 1.54) is 0 Å². The molecule has 0 radical (unpaired) electrons. The van der Waals surface area contributed by atoms with Gasteiger partial charge in [0.1, 0.15) is 5.82 Å². The molecule has 0 fully saturated rings. The average Bonchev–Trinajstić information content (AvgIpc) is 2.86. The number of hydrogen-bond donors (Lipinski definition) is 1. The Morgan fingerprint density at radius 2 is 2.06 bits per heavy atom. The molecule has 0 aliphatic carbocycles. The van der Waals surface area contributed by atoms with Crippen LogP contribution in [0, 0.1) is 0 Å². The van der Waals surface area contributed by atoms with Crippen molar-refractivity contribution in [2.45, 2.75) is 5.88 Å². The first kappa shape index (κ1) is 13.1. The third-order valence-corrected chi connectivity index (χ3v) is 3.05. The maximum Gasteiger partial charge on any atom is 0.179 e. The Balaban J connectivity index is 2.48. The highest BCUT2D eigenvalue weighted by Crippen LogP contribution is 2.38. The molecule has 0 spiro atoms. The van der Waals surface area contributed by atoms with Crippen LogP contribution in [0.4, 0.5) is 0 Å². The number of hydrogen-bond acceptors (Lipinski definition) is 3. The fourth-order valence-electron chi connectivity index (χ4n) is 1.63. The van der Waals surface area contributed by atoms with Gasteiger partial charge in [0.2, 0.25) is 0 Å². The van der Waals surface area contributed by atoms with Crippen LogP contribution in [0.3, 0.4) is 0 Å². The first-order valence-electron chi connectivity index (χ1n) is 5.21. The molecule has 0 bridgehead atoms. The number of aromatic nitrogens is 2. The lowest BCUT2D eigenvalue weighted by molar-refractivity contribution is 0.355. The summed E-state index contributed by atoms with van der Waals surface area (Å²) in [6.45, 7) is 0. The maximum atomic E-state index is 6.13. The molecule has 0 atom stereocenters. The van der Waals surface area contributed by atoms with Crippen LogP contribution in [0.1, 0.15) is 5.69 Å². The second kappa shape index (κ2) is 5.50. The van der Waals surface area contributed by atoms with E-state index >= 15 is 0 Å². The zero-order valence-corrected chi connectivity index (χ0v) is 11.5. The lowest BCUT2D eigenvalue weighted by Crippen LogP contribution is -1.93. The molecule has 2 rings (SSSR count). The molecule has 1 aromatic heterocycles. The Kier molecular flexibility index (Phi) is 3.99. The Morgan fingerprint density at radius 3 is 2.61 bits per heavy atom. The van der Waals surface area contributed by atoms with Gasteiger partial charge in [0.15, 0.2) is 11.5 Å². The summed E-state index contributed by atoms with van der Waals surface area (Å²) in [6, 6.07) is 3.57. The van der Waals surface area contributed by atoms with Gasteiger partial charge in [0, 0.05) is 17.5 Å². The number of benzene rings is 1. The van der Waals surface area contributed by atoms with E-state index in [-0.39, 0.29) is 0 Å². The van der Waals surface area contributed by atoms with E-state index in [2.05, 4.69) is 9.97 Å². The zero-order valence-electron chi connectivity index (χ0n) is 9.96. The zero-order chi connectivity index (χ0) is 13.1. The Morgan fingerprint density at radius 1 is 1.28 bits per heavy atom. The molecular weight excluding hydrogens is 275 g/mol. The number of halogens is 2. The monoisotopic (exact) mass is 286 g/mol. The molecule has 0 amide bonds. The molecule has 4 nitrogen and oxygen atoms in total. The van der Waals surface area contributed by atoms with Gasteiger partial charge in [-0.05, 0) is 12.1 Å². The predicted molar refractivity (Wildman–Crippen MR) is 71.7 cm³/mol. The van der Waals surface area contributed by atoms with E-state index < -0.39 is 0 Å². The van der Waals surface area contributed by atoms with E-state index in [0.29, 0.717) is 28.2 Å². The fourth-order valence-corrected chi connectivity index (χ4v) is 2.05. The van der Waals surface area contributed by atoms with Gasteiger partial charge in [0.25, 0.3) is 0 Å². The summed E-state index contributed by atoms with van der Waals surface area (Å²) in [6.07, 6.45) is 1.69. The van der Waals surface area contributed by atoms with Crippen LogP contribution in [-0.2, 0) is 5.88 Å². The normalized spacial score (nSPS) is 10.4. The molecule has 0 aliphatic heterocycles. The van der Waals surface area contributed by atoms with Crippen LogP contribution >= 0.6 is 23.2 Å². The van der Waals surface area contributed by atoms with Gasteiger partial charge in [-0.1, -0.05) is 11.6 Å². The number of methoxy groups -OCH3 is 2. The van der Waals surface area contributed by atoms with E-state index in [4.69, 9.17) is 32.7 Å². The molecule has 18 heavy (non-hydrogen) atoms. The minimum atomic E-state index is 0.383. The summed E-state index contributed by atoms with van der Waals surface area (Å²) in [4.78, 5) is 7.33. The third kappa shape index (κ3) is 2.40. The molecular formula is C12H12Cl2N2O2.